The summed E-state index contributed by atoms with van der Waals surface area (Å²) >= 11 is 0. The molecule has 2 N–H and O–H groups in total. The number of nitrogens with one attached hydrogen (secondary N) is 1. The fourth-order valence-electron chi connectivity index (χ4n) is 1.32. The highest BCUT2D eigenvalue weighted by atomic mass is 16.4. The Bertz CT molecular complexity index is 497. The van der Waals surface area contributed by atoms with Crippen molar-refractivity contribution < 1.29 is 9.90 Å². The van der Waals surface area contributed by atoms with Crippen LogP contribution < -0.4 is 5.32 Å². The molecule has 0 amide bonds. The van der Waals surface area contributed by atoms with Gasteiger partial charge >= 0.3 is 5.97 Å². The van der Waals surface area contributed by atoms with E-state index in [0.717, 1.165) is 5.56 Å². The minimum absolute atomic E-state index is 0.178. The number of pyridine rings is 2. The van der Waals surface area contributed by atoms with E-state index in [9.17, 15) is 4.79 Å². The minimum Gasteiger partial charge on any atom is -0.478 e. The summed E-state index contributed by atoms with van der Waals surface area (Å²) in [5.41, 5.74) is 1.22. The highest BCUT2D eigenvalue weighted by molar-refractivity contribution is 5.87. The van der Waals surface area contributed by atoms with Crippen molar-refractivity contribution in [1.82, 2.24) is 9.97 Å². The molecule has 2 heterocycles. The number of hydrogen-bond donors (Lipinski definition) is 2. The molecule has 0 aromatic carbocycles. The Labute approximate surface area is 98.2 Å². The van der Waals surface area contributed by atoms with Gasteiger partial charge in [-0.05, 0) is 23.8 Å². The Hall–Kier alpha value is -2.43. The zero-order valence-electron chi connectivity index (χ0n) is 9.00. The number of nitrogens with zero attached hydrogens (tertiary/aromatic N) is 2. The van der Waals surface area contributed by atoms with Crippen molar-refractivity contribution in [3.63, 3.8) is 0 Å². The van der Waals surface area contributed by atoms with Gasteiger partial charge in [-0.25, -0.2) is 9.78 Å². The van der Waals surface area contributed by atoms with Crippen molar-refractivity contribution in [2.24, 2.45) is 0 Å². The van der Waals surface area contributed by atoms with Crippen LogP contribution in [0, 0.1) is 0 Å². The van der Waals surface area contributed by atoms with Crippen molar-refractivity contribution >= 4 is 11.8 Å². The molecule has 0 aliphatic heterocycles. The SMILES string of the molecule is O=C(O)c1ccc(NCc2cccnc2)nc1. The molecular formula is C12H11N3O2. The van der Waals surface area contributed by atoms with Crippen LogP contribution in [0.1, 0.15) is 15.9 Å². The maximum absolute atomic E-state index is 10.6. The van der Waals surface area contributed by atoms with Gasteiger partial charge in [0.1, 0.15) is 5.82 Å². The number of carboxylic acid groups (broad SMARTS) is 1. The third kappa shape index (κ3) is 3.01. The molecule has 0 unspecified atom stereocenters. The largest absolute Gasteiger partial charge is 0.478 e. The van der Waals surface area contributed by atoms with Crippen molar-refractivity contribution in [3.8, 4) is 0 Å². The first-order valence-electron chi connectivity index (χ1n) is 5.08. The number of anilines is 1. The van der Waals surface area contributed by atoms with E-state index >= 15 is 0 Å². The van der Waals surface area contributed by atoms with Crippen molar-refractivity contribution in [2.45, 2.75) is 6.54 Å². The molecule has 17 heavy (non-hydrogen) atoms. The van der Waals surface area contributed by atoms with Gasteiger partial charge in [-0.2, -0.15) is 0 Å². The zero-order chi connectivity index (χ0) is 12.1. The molecule has 0 aliphatic rings. The van der Waals surface area contributed by atoms with Crippen LogP contribution in [0.15, 0.2) is 42.9 Å². The first-order valence-corrected chi connectivity index (χ1v) is 5.08. The summed E-state index contributed by atoms with van der Waals surface area (Å²) in [7, 11) is 0. The molecule has 0 atom stereocenters. The first-order chi connectivity index (χ1) is 8.25. The number of hydrogen-bond acceptors (Lipinski definition) is 4. The molecule has 0 aliphatic carbocycles. The lowest BCUT2D eigenvalue weighted by atomic mass is 10.2. The molecule has 5 nitrogen and oxygen atoms in total. The Morgan fingerprint density at radius 3 is 2.76 bits per heavy atom. The van der Waals surface area contributed by atoms with Gasteiger partial charge in [0.15, 0.2) is 0 Å². The molecule has 2 aromatic rings. The molecule has 2 aromatic heterocycles. The van der Waals surface area contributed by atoms with E-state index in [1.807, 2.05) is 12.1 Å². The third-order valence-corrected chi connectivity index (χ3v) is 2.21. The molecule has 0 bridgehead atoms. The Morgan fingerprint density at radius 2 is 2.18 bits per heavy atom. The second kappa shape index (κ2) is 5.07. The topological polar surface area (TPSA) is 75.1 Å². The minimum atomic E-state index is -0.976. The van der Waals surface area contributed by atoms with Crippen molar-refractivity contribution in [3.05, 3.63) is 54.0 Å². The molecule has 0 spiro atoms. The highest BCUT2D eigenvalue weighted by Crippen LogP contribution is 2.07. The van der Waals surface area contributed by atoms with Gasteiger partial charge in [0.05, 0.1) is 5.56 Å². The molecule has 5 heteroatoms. The first kappa shape index (κ1) is 11.1. The van der Waals surface area contributed by atoms with E-state index in [4.69, 9.17) is 5.11 Å². The van der Waals surface area contributed by atoms with Crippen LogP contribution >= 0.6 is 0 Å². The summed E-state index contributed by atoms with van der Waals surface area (Å²) in [6.45, 7) is 0.604. The van der Waals surface area contributed by atoms with Gasteiger partial charge in [0, 0.05) is 25.1 Å². The molecule has 0 fully saturated rings. The summed E-state index contributed by atoms with van der Waals surface area (Å²) in [4.78, 5) is 18.6. The second-order valence-corrected chi connectivity index (χ2v) is 3.45. The standard InChI is InChI=1S/C12H11N3O2/c16-12(17)10-3-4-11(15-8-10)14-7-9-2-1-5-13-6-9/h1-6,8H,7H2,(H,14,15)(H,16,17). The molecule has 86 valence electrons. The lowest BCUT2D eigenvalue weighted by molar-refractivity contribution is 0.0696. The third-order valence-electron chi connectivity index (χ3n) is 2.21. The quantitative estimate of drug-likeness (QED) is 0.835. The molecule has 0 saturated carbocycles. The van der Waals surface area contributed by atoms with E-state index in [0.29, 0.717) is 12.4 Å². The fourth-order valence-corrected chi connectivity index (χ4v) is 1.32. The number of aromatic nitrogens is 2. The molecule has 0 saturated heterocycles. The Balaban J connectivity index is 1.98. The van der Waals surface area contributed by atoms with Gasteiger partial charge < -0.3 is 10.4 Å². The van der Waals surface area contributed by atoms with Gasteiger partial charge in [-0.15, -0.1) is 0 Å². The van der Waals surface area contributed by atoms with Crippen LogP contribution in [-0.2, 0) is 6.54 Å². The predicted molar refractivity (Wildman–Crippen MR) is 62.8 cm³/mol. The lowest BCUT2D eigenvalue weighted by Gasteiger charge is -2.05. The van der Waals surface area contributed by atoms with E-state index in [1.54, 1.807) is 18.5 Å². The summed E-state index contributed by atoms with van der Waals surface area (Å²) in [6.07, 6.45) is 4.80. The maximum atomic E-state index is 10.6. The van der Waals surface area contributed by atoms with Crippen LogP contribution in [0.5, 0.6) is 0 Å². The van der Waals surface area contributed by atoms with Crippen LogP contribution in [0.4, 0.5) is 5.82 Å². The number of aromatic carboxylic acids is 1. The van der Waals surface area contributed by atoms with Crippen LogP contribution in [0.2, 0.25) is 0 Å². The van der Waals surface area contributed by atoms with E-state index in [-0.39, 0.29) is 5.56 Å². The van der Waals surface area contributed by atoms with Crippen molar-refractivity contribution in [1.29, 1.82) is 0 Å². The smallest absolute Gasteiger partial charge is 0.337 e. The molecular weight excluding hydrogens is 218 g/mol. The average Bonchev–Trinajstić information content (AvgIpc) is 2.38. The summed E-state index contributed by atoms with van der Waals surface area (Å²) in [6, 6.07) is 6.96. The van der Waals surface area contributed by atoms with E-state index in [1.165, 1.54) is 12.3 Å². The van der Waals surface area contributed by atoms with Gasteiger partial charge in [0.25, 0.3) is 0 Å². The number of rotatable bonds is 4. The fraction of sp³-hybridized carbons (Fsp3) is 0.0833. The van der Waals surface area contributed by atoms with Crippen LogP contribution in [-0.4, -0.2) is 21.0 Å². The summed E-state index contributed by atoms with van der Waals surface area (Å²) in [5, 5.41) is 11.8. The predicted octanol–water partition coefficient (Wildman–Crippen LogP) is 1.79. The van der Waals surface area contributed by atoms with Gasteiger partial charge in [-0.3, -0.25) is 4.98 Å². The monoisotopic (exact) mass is 229 g/mol. The molecule has 2 rings (SSSR count). The van der Waals surface area contributed by atoms with E-state index < -0.39 is 5.97 Å². The van der Waals surface area contributed by atoms with Crippen molar-refractivity contribution in [2.75, 3.05) is 5.32 Å². The van der Waals surface area contributed by atoms with E-state index in [2.05, 4.69) is 15.3 Å². The number of carboxylic acids is 1. The Morgan fingerprint density at radius 1 is 1.29 bits per heavy atom. The van der Waals surface area contributed by atoms with Crippen LogP contribution in [0.3, 0.4) is 0 Å². The maximum Gasteiger partial charge on any atom is 0.337 e. The molecule has 0 radical (unpaired) electrons. The Kier molecular flexibility index (Phi) is 3.30. The lowest BCUT2D eigenvalue weighted by Crippen LogP contribution is -2.03. The number of carbonyl (C=O) groups is 1. The zero-order valence-corrected chi connectivity index (χ0v) is 9.00. The highest BCUT2D eigenvalue weighted by Gasteiger charge is 2.02. The van der Waals surface area contributed by atoms with Crippen LogP contribution in [0.25, 0.3) is 0 Å². The average molecular weight is 229 g/mol. The van der Waals surface area contributed by atoms with Gasteiger partial charge in [0.2, 0.25) is 0 Å². The second-order valence-electron chi connectivity index (χ2n) is 3.45. The normalized spacial score (nSPS) is 9.88. The van der Waals surface area contributed by atoms with Gasteiger partial charge in [-0.1, -0.05) is 6.07 Å². The summed E-state index contributed by atoms with van der Waals surface area (Å²) < 4.78 is 0. The summed E-state index contributed by atoms with van der Waals surface area (Å²) in [5.74, 6) is -0.338.